The van der Waals surface area contributed by atoms with E-state index < -0.39 is 16.3 Å². The summed E-state index contributed by atoms with van der Waals surface area (Å²) in [4.78, 5) is 26.1. The number of ether oxygens (including phenoxy) is 1. The number of carbonyl (C=O) groups is 1. The number of methoxy groups -OCH3 is 1. The maximum absolute atomic E-state index is 13.0. The van der Waals surface area contributed by atoms with Gasteiger partial charge < -0.3 is 4.74 Å². The van der Waals surface area contributed by atoms with Crippen molar-refractivity contribution >= 4 is 51.2 Å². The van der Waals surface area contributed by atoms with Crippen molar-refractivity contribution < 1.29 is 22.5 Å². The largest absolute Gasteiger partial charge is 0.467 e. The van der Waals surface area contributed by atoms with Gasteiger partial charge in [-0.2, -0.15) is 27.7 Å². The number of aromatic nitrogens is 3. The van der Waals surface area contributed by atoms with Gasteiger partial charge in [0.05, 0.1) is 17.8 Å². The van der Waals surface area contributed by atoms with Gasteiger partial charge in [0.25, 0.3) is 0 Å². The second-order valence-corrected chi connectivity index (χ2v) is 11.5. The number of hydrogen-bond acceptors (Lipinski definition) is 7. The van der Waals surface area contributed by atoms with Crippen LogP contribution in [0.3, 0.4) is 0 Å². The minimum absolute atomic E-state index is 0.0129. The standard InChI is InChI=1S/C21H23Cl2N5O5S/c1-33-19-25-17(21-8-11-4-12(9-21)6-13(5-11)10-21)24-18(26-19)27-20(29)28(34(30,31)32)16-3-2-14(22)7-15(16)23/h2-3,7,11-13H,4-6,8-10H2,1H3,(H,30,31,32)(H,24,25,26,27,29). The van der Waals surface area contributed by atoms with E-state index >= 15 is 0 Å². The fourth-order valence-electron chi connectivity index (χ4n) is 6.26. The predicted octanol–water partition coefficient (Wildman–Crippen LogP) is 4.50. The van der Waals surface area contributed by atoms with Crippen molar-refractivity contribution in [1.82, 2.24) is 15.0 Å². The molecule has 4 saturated carbocycles. The van der Waals surface area contributed by atoms with Gasteiger partial charge in [-0.3, -0.25) is 9.87 Å². The third-order valence-electron chi connectivity index (χ3n) is 7.07. The highest BCUT2D eigenvalue weighted by Crippen LogP contribution is 2.60. The fourth-order valence-corrected chi connectivity index (χ4v) is 7.46. The van der Waals surface area contributed by atoms with Crippen molar-refractivity contribution in [3.63, 3.8) is 0 Å². The van der Waals surface area contributed by atoms with Crippen molar-refractivity contribution in [2.45, 2.75) is 43.9 Å². The molecule has 2 amide bonds. The van der Waals surface area contributed by atoms with E-state index in [2.05, 4.69) is 20.3 Å². The van der Waals surface area contributed by atoms with Crippen LogP contribution < -0.4 is 14.4 Å². The molecule has 1 aromatic carbocycles. The van der Waals surface area contributed by atoms with E-state index in [-0.39, 0.29) is 37.4 Å². The molecule has 4 bridgehead atoms. The van der Waals surface area contributed by atoms with Crippen molar-refractivity contribution in [1.29, 1.82) is 0 Å². The lowest BCUT2D eigenvalue weighted by molar-refractivity contribution is -0.00970. The van der Waals surface area contributed by atoms with E-state index in [1.807, 2.05) is 0 Å². The molecule has 2 N–H and O–H groups in total. The molecule has 0 aliphatic heterocycles. The van der Waals surface area contributed by atoms with Crippen LogP contribution in [0.2, 0.25) is 10.0 Å². The molecule has 0 spiro atoms. The maximum atomic E-state index is 13.0. The second kappa shape index (κ2) is 8.47. The average Bonchev–Trinajstić information content (AvgIpc) is 2.73. The van der Waals surface area contributed by atoms with Gasteiger partial charge in [-0.15, -0.1) is 0 Å². The van der Waals surface area contributed by atoms with Crippen LogP contribution in [0, 0.1) is 17.8 Å². The Morgan fingerprint density at radius 2 is 1.74 bits per heavy atom. The molecule has 4 aliphatic carbocycles. The van der Waals surface area contributed by atoms with Crippen LogP contribution in [0.25, 0.3) is 0 Å². The topological polar surface area (TPSA) is 135 Å². The molecule has 0 saturated heterocycles. The lowest BCUT2D eigenvalue weighted by atomic mass is 9.49. The highest BCUT2D eigenvalue weighted by Gasteiger charge is 2.53. The van der Waals surface area contributed by atoms with E-state index in [9.17, 15) is 17.8 Å². The molecule has 1 aromatic heterocycles. The first-order chi connectivity index (χ1) is 16.1. The third-order valence-corrected chi connectivity index (χ3v) is 8.43. The molecular weight excluding hydrogens is 505 g/mol. The predicted molar refractivity (Wildman–Crippen MR) is 126 cm³/mol. The molecule has 4 aliphatic rings. The number of carbonyl (C=O) groups excluding carboxylic acids is 1. The van der Waals surface area contributed by atoms with Crippen molar-refractivity contribution in [2.75, 3.05) is 16.7 Å². The maximum Gasteiger partial charge on any atom is 0.368 e. The Morgan fingerprint density at radius 3 is 2.26 bits per heavy atom. The zero-order chi connectivity index (χ0) is 24.3. The zero-order valence-electron chi connectivity index (χ0n) is 18.2. The van der Waals surface area contributed by atoms with Crippen LogP contribution in [0.1, 0.15) is 44.3 Å². The highest BCUT2D eigenvalue weighted by molar-refractivity contribution is 7.88. The molecule has 0 radical (unpaired) electrons. The van der Waals surface area contributed by atoms with Crippen LogP contribution in [0.4, 0.5) is 16.4 Å². The van der Waals surface area contributed by atoms with E-state index in [4.69, 9.17) is 27.9 Å². The number of benzene rings is 1. The Morgan fingerprint density at radius 1 is 1.12 bits per heavy atom. The van der Waals surface area contributed by atoms with Crippen LogP contribution in [0.15, 0.2) is 18.2 Å². The van der Waals surface area contributed by atoms with Gasteiger partial charge in [-0.1, -0.05) is 23.2 Å². The minimum atomic E-state index is -5.04. The Labute approximate surface area is 206 Å². The first-order valence-electron chi connectivity index (χ1n) is 10.9. The fraction of sp³-hybridized carbons (Fsp3) is 0.524. The Bertz CT molecular complexity index is 1220. The number of urea groups is 1. The van der Waals surface area contributed by atoms with Crippen molar-refractivity contribution in [3.05, 3.63) is 34.1 Å². The highest BCUT2D eigenvalue weighted by atomic mass is 35.5. The summed E-state index contributed by atoms with van der Waals surface area (Å²) in [6.45, 7) is 0. The number of nitrogens with one attached hydrogen (secondary N) is 1. The lowest BCUT2D eigenvalue weighted by Crippen LogP contribution is -2.49. The van der Waals surface area contributed by atoms with Gasteiger partial charge in [0, 0.05) is 10.4 Å². The van der Waals surface area contributed by atoms with Gasteiger partial charge in [0.15, 0.2) is 0 Å². The quantitative estimate of drug-likeness (QED) is 0.542. The van der Waals surface area contributed by atoms with Gasteiger partial charge >= 0.3 is 22.3 Å². The van der Waals surface area contributed by atoms with Crippen molar-refractivity contribution in [2.24, 2.45) is 17.8 Å². The van der Waals surface area contributed by atoms with Gasteiger partial charge in [0.2, 0.25) is 5.95 Å². The van der Waals surface area contributed by atoms with E-state index in [1.165, 1.54) is 44.6 Å². The van der Waals surface area contributed by atoms with Crippen molar-refractivity contribution in [3.8, 4) is 6.01 Å². The summed E-state index contributed by atoms with van der Waals surface area (Å²) >= 11 is 12.0. The smallest absolute Gasteiger partial charge is 0.368 e. The molecule has 182 valence electrons. The summed E-state index contributed by atoms with van der Waals surface area (Å²) in [5, 5.41) is 2.43. The molecule has 10 nitrogen and oxygen atoms in total. The van der Waals surface area contributed by atoms with E-state index in [0.29, 0.717) is 23.6 Å². The first-order valence-corrected chi connectivity index (χ1v) is 13.1. The van der Waals surface area contributed by atoms with Crippen LogP contribution in [-0.2, 0) is 15.7 Å². The van der Waals surface area contributed by atoms with Crippen LogP contribution in [0.5, 0.6) is 6.01 Å². The van der Waals surface area contributed by atoms with Gasteiger partial charge in [-0.25, -0.2) is 4.79 Å². The molecule has 13 heteroatoms. The number of rotatable bonds is 5. The summed E-state index contributed by atoms with van der Waals surface area (Å²) in [7, 11) is -3.64. The number of hydrogen-bond donors (Lipinski definition) is 2. The number of nitrogens with zero attached hydrogens (tertiary/aromatic N) is 4. The third kappa shape index (κ3) is 4.30. The molecule has 34 heavy (non-hydrogen) atoms. The lowest BCUT2D eigenvalue weighted by Gasteiger charge is -2.55. The first kappa shape index (κ1) is 23.5. The summed E-state index contributed by atoms with van der Waals surface area (Å²) in [6.07, 6.45) is 6.61. The van der Waals surface area contributed by atoms with E-state index in [1.54, 1.807) is 0 Å². The molecule has 0 unspecified atom stereocenters. The molecule has 0 atom stereocenters. The van der Waals surface area contributed by atoms with Crippen LogP contribution in [-0.4, -0.2) is 41.1 Å². The van der Waals surface area contributed by atoms with Gasteiger partial charge in [-0.05, 0) is 74.5 Å². The molecule has 2 aromatic rings. The summed E-state index contributed by atoms with van der Waals surface area (Å²) < 4.78 is 39.3. The monoisotopic (exact) mass is 527 g/mol. The number of halogens is 2. The Kier molecular flexibility index (Phi) is 5.86. The van der Waals surface area contributed by atoms with Crippen LogP contribution >= 0.6 is 23.2 Å². The SMILES string of the molecule is COc1nc(NC(=O)N(c2ccc(Cl)cc2Cl)S(=O)(=O)O)nc(C23CC4CC(CC(C4)C2)C3)n1. The normalized spacial score (nSPS) is 27.5. The van der Waals surface area contributed by atoms with Gasteiger partial charge in [0.1, 0.15) is 5.82 Å². The summed E-state index contributed by atoms with van der Waals surface area (Å²) in [6, 6.07) is 2.58. The number of anilines is 2. The molecular formula is C21H23Cl2N5O5S. The van der Waals surface area contributed by atoms with E-state index in [0.717, 1.165) is 19.3 Å². The summed E-state index contributed by atoms with van der Waals surface area (Å²) in [5.74, 6) is 2.26. The minimum Gasteiger partial charge on any atom is -0.467 e. The number of amides is 2. The second-order valence-electron chi connectivity index (χ2n) is 9.44. The molecule has 4 fully saturated rings. The Hall–Kier alpha value is -2.21. The zero-order valence-corrected chi connectivity index (χ0v) is 20.6. The molecule has 1 heterocycles. The average molecular weight is 528 g/mol. The molecule has 6 rings (SSSR count). The summed E-state index contributed by atoms with van der Waals surface area (Å²) in [5.41, 5.74) is -0.499. The Balaban J connectivity index is 1.49.